The van der Waals surface area contributed by atoms with Gasteiger partial charge in [-0.25, -0.2) is 9.98 Å². The number of nitrogens with one attached hydrogen (secondary N) is 2. The van der Waals surface area contributed by atoms with Crippen LogP contribution in [0.5, 0.6) is 0 Å². The van der Waals surface area contributed by atoms with Crippen molar-refractivity contribution < 1.29 is 9.53 Å². The van der Waals surface area contributed by atoms with Crippen molar-refractivity contribution in [2.24, 2.45) is 10.7 Å². The maximum Gasteiger partial charge on any atom is 0.254 e. The first-order valence-electron chi connectivity index (χ1n) is 8.21. The van der Waals surface area contributed by atoms with Gasteiger partial charge in [-0.05, 0) is 25.7 Å². The number of nitrogens with zero attached hydrogens (tertiary/aromatic N) is 4. The Kier molecular flexibility index (Phi) is 3.75. The smallest absolute Gasteiger partial charge is 0.254 e. The van der Waals surface area contributed by atoms with Gasteiger partial charge in [0.1, 0.15) is 23.3 Å². The summed E-state index contributed by atoms with van der Waals surface area (Å²) in [5.74, 6) is 1.31. The number of aliphatic imine (C=N–C) groups is 1. The van der Waals surface area contributed by atoms with Gasteiger partial charge in [-0.2, -0.15) is 9.61 Å². The van der Waals surface area contributed by atoms with Gasteiger partial charge >= 0.3 is 0 Å². The summed E-state index contributed by atoms with van der Waals surface area (Å²) in [5, 5.41) is 10.5. The molecule has 0 unspecified atom stereocenters. The molecule has 3 heterocycles. The summed E-state index contributed by atoms with van der Waals surface area (Å²) in [4.78, 5) is 20.5. The van der Waals surface area contributed by atoms with Crippen LogP contribution in [0.1, 0.15) is 36.0 Å². The number of amides is 1. The molecule has 9 nitrogen and oxygen atoms in total. The number of allylic oxidation sites excluding steroid dienone is 1. The molecule has 0 spiro atoms. The van der Waals surface area contributed by atoms with Gasteiger partial charge in [-0.1, -0.05) is 0 Å². The number of fused-ring (bicyclic) bond motifs is 1. The molecular formula is C16H19N7O2. The van der Waals surface area contributed by atoms with E-state index in [1.807, 2.05) is 12.3 Å². The molecule has 1 aliphatic carbocycles. The Bertz CT molecular complexity index is 895. The molecule has 9 heteroatoms. The lowest BCUT2D eigenvalue weighted by Crippen LogP contribution is -2.14. The van der Waals surface area contributed by atoms with Gasteiger partial charge in [0.2, 0.25) is 5.88 Å². The second kappa shape index (κ2) is 6.08. The first kappa shape index (κ1) is 15.4. The quantitative estimate of drug-likeness (QED) is 0.732. The zero-order valence-electron chi connectivity index (χ0n) is 13.8. The Balaban J connectivity index is 1.72. The third kappa shape index (κ3) is 3.00. The predicted molar refractivity (Wildman–Crippen MR) is 93.5 cm³/mol. The first-order chi connectivity index (χ1) is 12.2. The number of carbonyl (C=O) groups is 1. The number of carbonyl (C=O) groups excluding carboxylic acids is 1. The van der Waals surface area contributed by atoms with Gasteiger partial charge in [0.15, 0.2) is 5.65 Å². The van der Waals surface area contributed by atoms with Gasteiger partial charge in [-0.15, -0.1) is 0 Å². The molecule has 1 aliphatic heterocycles. The highest BCUT2D eigenvalue weighted by Gasteiger charge is 2.26. The summed E-state index contributed by atoms with van der Waals surface area (Å²) in [6, 6.07) is 1.81. The highest BCUT2D eigenvalue weighted by atomic mass is 16.5. The Labute approximate surface area is 144 Å². The van der Waals surface area contributed by atoms with Crippen molar-refractivity contribution in [1.82, 2.24) is 14.6 Å². The van der Waals surface area contributed by atoms with Crippen molar-refractivity contribution >= 4 is 29.4 Å². The fourth-order valence-electron chi connectivity index (χ4n) is 2.64. The minimum absolute atomic E-state index is 0.265. The molecule has 1 fully saturated rings. The van der Waals surface area contributed by atoms with Crippen molar-refractivity contribution in [3.63, 3.8) is 0 Å². The number of aromatic nitrogens is 3. The van der Waals surface area contributed by atoms with E-state index in [0.29, 0.717) is 23.2 Å². The lowest BCUT2D eigenvalue weighted by Gasteiger charge is -2.17. The molecule has 2 aromatic heterocycles. The summed E-state index contributed by atoms with van der Waals surface area (Å²) in [6.45, 7) is 0. The molecule has 1 saturated carbocycles. The maximum atomic E-state index is 11.6. The fourth-order valence-corrected chi connectivity index (χ4v) is 2.64. The SMILES string of the molecule is CNc1cc(NC2=C(OC3CC3)N=CCC2)nc2c(C(N)=O)cnn12. The molecule has 0 bridgehead atoms. The van der Waals surface area contributed by atoms with E-state index in [4.69, 9.17) is 10.5 Å². The molecule has 4 rings (SSSR count). The van der Waals surface area contributed by atoms with E-state index in [1.54, 1.807) is 11.6 Å². The normalized spacial score (nSPS) is 17.0. The highest BCUT2D eigenvalue weighted by Crippen LogP contribution is 2.30. The van der Waals surface area contributed by atoms with Crippen LogP contribution in [0.4, 0.5) is 11.6 Å². The van der Waals surface area contributed by atoms with Crippen LogP contribution in [0.15, 0.2) is 28.8 Å². The van der Waals surface area contributed by atoms with E-state index in [0.717, 1.165) is 31.4 Å². The third-order valence-electron chi connectivity index (χ3n) is 4.07. The van der Waals surface area contributed by atoms with Crippen LogP contribution in [0.2, 0.25) is 0 Å². The molecule has 4 N–H and O–H groups in total. The summed E-state index contributed by atoms with van der Waals surface area (Å²) in [6.07, 6.45) is 7.30. The van der Waals surface area contributed by atoms with E-state index in [2.05, 4.69) is 25.7 Å². The van der Waals surface area contributed by atoms with Gasteiger partial charge in [0, 0.05) is 19.3 Å². The zero-order chi connectivity index (χ0) is 17.4. The summed E-state index contributed by atoms with van der Waals surface area (Å²) >= 11 is 0. The lowest BCUT2D eigenvalue weighted by atomic mass is 10.2. The Morgan fingerprint density at radius 2 is 2.28 bits per heavy atom. The van der Waals surface area contributed by atoms with E-state index in [9.17, 15) is 4.79 Å². The predicted octanol–water partition coefficient (Wildman–Crippen LogP) is 1.49. The molecule has 0 radical (unpaired) electrons. The van der Waals surface area contributed by atoms with Crippen LogP contribution < -0.4 is 16.4 Å². The largest absolute Gasteiger partial charge is 0.473 e. The standard InChI is InChI=1S/C16H19N7O2/c1-18-13-7-12(22-15-10(14(17)24)8-20-23(13)15)21-11-3-2-6-19-16(11)25-9-4-5-9/h6-9,18H,2-5H2,1H3,(H2,17,24)(H,21,22). The number of primary amides is 1. The Morgan fingerprint density at radius 1 is 1.44 bits per heavy atom. The van der Waals surface area contributed by atoms with Crippen LogP contribution in [-0.2, 0) is 4.74 Å². The average Bonchev–Trinajstić information content (AvgIpc) is 3.31. The minimum Gasteiger partial charge on any atom is -0.473 e. The molecule has 0 atom stereocenters. The summed E-state index contributed by atoms with van der Waals surface area (Å²) in [5.41, 5.74) is 6.96. The van der Waals surface area contributed by atoms with Crippen LogP contribution in [0, 0.1) is 0 Å². The Hall–Kier alpha value is -3.10. The maximum absolute atomic E-state index is 11.6. The van der Waals surface area contributed by atoms with Gasteiger partial charge in [0.25, 0.3) is 5.91 Å². The number of ether oxygens (including phenoxy) is 1. The van der Waals surface area contributed by atoms with Gasteiger partial charge in [-0.3, -0.25) is 4.79 Å². The summed E-state index contributed by atoms with van der Waals surface area (Å²) in [7, 11) is 1.77. The molecule has 2 aromatic rings. The van der Waals surface area contributed by atoms with Crippen LogP contribution in [0.3, 0.4) is 0 Å². The number of rotatable bonds is 6. The highest BCUT2D eigenvalue weighted by molar-refractivity contribution is 5.98. The van der Waals surface area contributed by atoms with Gasteiger partial charge in [0.05, 0.1) is 11.9 Å². The number of anilines is 2. The fraction of sp³-hybridized carbons (Fsp3) is 0.375. The molecule has 130 valence electrons. The first-order valence-corrected chi connectivity index (χ1v) is 8.21. The number of nitrogens with two attached hydrogens (primary N) is 1. The van der Waals surface area contributed by atoms with Crippen molar-refractivity contribution in [1.29, 1.82) is 0 Å². The van der Waals surface area contributed by atoms with Crippen LogP contribution in [-0.4, -0.2) is 39.9 Å². The molecule has 25 heavy (non-hydrogen) atoms. The van der Waals surface area contributed by atoms with E-state index in [-0.39, 0.29) is 11.7 Å². The van der Waals surface area contributed by atoms with Crippen molar-refractivity contribution in [3.05, 3.63) is 29.4 Å². The van der Waals surface area contributed by atoms with Crippen LogP contribution >= 0.6 is 0 Å². The topological polar surface area (TPSA) is 119 Å². The number of hydrogen-bond donors (Lipinski definition) is 3. The molecule has 1 amide bonds. The molecule has 2 aliphatic rings. The molecular weight excluding hydrogens is 322 g/mol. The average molecular weight is 341 g/mol. The van der Waals surface area contributed by atoms with Crippen LogP contribution in [0.25, 0.3) is 5.65 Å². The monoisotopic (exact) mass is 341 g/mol. The zero-order valence-corrected chi connectivity index (χ0v) is 13.8. The van der Waals surface area contributed by atoms with E-state index in [1.165, 1.54) is 6.20 Å². The van der Waals surface area contributed by atoms with Crippen molar-refractivity contribution in [2.75, 3.05) is 17.7 Å². The minimum atomic E-state index is -0.569. The second-order valence-electron chi connectivity index (χ2n) is 6.01. The second-order valence-corrected chi connectivity index (χ2v) is 6.01. The Morgan fingerprint density at radius 3 is 3.00 bits per heavy atom. The molecule has 0 saturated heterocycles. The van der Waals surface area contributed by atoms with Crippen molar-refractivity contribution in [3.8, 4) is 0 Å². The molecule has 0 aromatic carbocycles. The number of hydrogen-bond acceptors (Lipinski definition) is 7. The van der Waals surface area contributed by atoms with Crippen molar-refractivity contribution in [2.45, 2.75) is 31.8 Å². The van der Waals surface area contributed by atoms with E-state index >= 15 is 0 Å². The lowest BCUT2D eigenvalue weighted by molar-refractivity contribution is 0.100. The summed E-state index contributed by atoms with van der Waals surface area (Å²) < 4.78 is 7.40. The third-order valence-corrected chi connectivity index (χ3v) is 4.07. The van der Waals surface area contributed by atoms with Gasteiger partial charge < -0.3 is 21.1 Å². The van der Waals surface area contributed by atoms with E-state index < -0.39 is 5.91 Å².